The monoisotopic (exact) mass is 315 g/mol. The lowest BCUT2D eigenvalue weighted by atomic mass is 10.4. The molecule has 0 aliphatic heterocycles. The predicted octanol–water partition coefficient (Wildman–Crippen LogP) is 1.24. The second kappa shape index (κ2) is 5.06. The second-order valence-electron chi connectivity index (χ2n) is 2.86. The van der Waals surface area contributed by atoms with Gasteiger partial charge in [-0.15, -0.1) is 11.3 Å². The fourth-order valence-electron chi connectivity index (χ4n) is 0.956. The van der Waals surface area contributed by atoms with Crippen molar-refractivity contribution < 1.29 is 9.42 Å². The molecule has 0 radical (unpaired) electrons. The van der Waals surface area contributed by atoms with E-state index in [0.717, 1.165) is 9.35 Å². The van der Waals surface area contributed by atoms with E-state index < -0.39 is 5.91 Å². The van der Waals surface area contributed by atoms with Crippen LogP contribution in [0.3, 0.4) is 0 Å². The van der Waals surface area contributed by atoms with Gasteiger partial charge in [0.1, 0.15) is 0 Å². The Morgan fingerprint density at radius 1 is 1.65 bits per heavy atom. The van der Waals surface area contributed by atoms with Crippen LogP contribution in [0.15, 0.2) is 25.6 Å². The van der Waals surface area contributed by atoms with E-state index in [1.54, 1.807) is 0 Å². The third-order valence-electron chi connectivity index (χ3n) is 1.67. The lowest BCUT2D eigenvalue weighted by molar-refractivity contribution is 0.0946. The second-order valence-corrected chi connectivity index (χ2v) is 4.72. The number of carbonyl (C=O) groups is 1. The van der Waals surface area contributed by atoms with Crippen LogP contribution in [0.1, 0.15) is 15.4 Å². The third-order valence-corrected chi connectivity index (χ3v) is 3.30. The number of hydrazone groups is 1. The van der Waals surface area contributed by atoms with Crippen molar-refractivity contribution in [2.24, 2.45) is 5.10 Å². The highest BCUT2D eigenvalue weighted by Crippen LogP contribution is 2.17. The molecule has 0 fully saturated rings. The summed E-state index contributed by atoms with van der Waals surface area (Å²) < 4.78 is 5.25. The third kappa shape index (κ3) is 2.88. The van der Waals surface area contributed by atoms with E-state index in [4.69, 9.17) is 5.73 Å². The maximum atomic E-state index is 11.4. The molecule has 88 valence electrons. The number of aromatic nitrogens is 2. The number of thiophene rings is 1. The standard InChI is InChI=1S/C8H6BrN5O2S/c9-4-1-5(17-3-4)2-11-12-8(15)6-7(10)14-16-13-6/h1-3H,(H2,10,14)(H,12,15)/b11-2-. The fourth-order valence-corrected chi connectivity index (χ4v) is 2.26. The summed E-state index contributed by atoms with van der Waals surface area (Å²) in [6.45, 7) is 0. The van der Waals surface area contributed by atoms with Gasteiger partial charge in [-0.1, -0.05) is 0 Å². The normalized spacial score (nSPS) is 10.9. The van der Waals surface area contributed by atoms with Gasteiger partial charge in [0.25, 0.3) is 5.91 Å². The molecule has 2 rings (SSSR count). The van der Waals surface area contributed by atoms with Crippen molar-refractivity contribution in [1.82, 2.24) is 15.7 Å². The van der Waals surface area contributed by atoms with Crippen molar-refractivity contribution in [2.75, 3.05) is 5.73 Å². The zero-order chi connectivity index (χ0) is 12.3. The first-order chi connectivity index (χ1) is 8.16. The number of nitrogen functional groups attached to an aromatic ring is 1. The molecule has 0 unspecified atom stereocenters. The summed E-state index contributed by atoms with van der Waals surface area (Å²) in [5.74, 6) is -0.646. The van der Waals surface area contributed by atoms with Gasteiger partial charge in [-0.2, -0.15) is 5.10 Å². The number of halogens is 1. The minimum absolute atomic E-state index is 0.0726. The lowest BCUT2D eigenvalue weighted by Gasteiger charge is -1.93. The SMILES string of the molecule is Nc1nonc1C(=O)N/N=C\c1cc(Br)cs1. The van der Waals surface area contributed by atoms with Crippen molar-refractivity contribution in [3.05, 3.63) is 26.5 Å². The number of nitrogens with one attached hydrogen (secondary N) is 1. The average Bonchev–Trinajstić information content (AvgIpc) is 2.87. The Hall–Kier alpha value is -1.74. The van der Waals surface area contributed by atoms with Crippen molar-refractivity contribution >= 4 is 45.2 Å². The topological polar surface area (TPSA) is 106 Å². The van der Waals surface area contributed by atoms with Crippen molar-refractivity contribution in [2.45, 2.75) is 0 Å². The number of carbonyl (C=O) groups excluding carboxylic acids is 1. The number of anilines is 1. The highest BCUT2D eigenvalue weighted by Gasteiger charge is 2.14. The van der Waals surface area contributed by atoms with Crippen LogP contribution in [0, 0.1) is 0 Å². The zero-order valence-electron chi connectivity index (χ0n) is 8.25. The molecule has 0 saturated heterocycles. The lowest BCUT2D eigenvalue weighted by Crippen LogP contribution is -2.19. The number of nitrogens with two attached hydrogens (primary N) is 1. The molecule has 7 nitrogen and oxygen atoms in total. The minimum atomic E-state index is -0.573. The van der Waals surface area contributed by atoms with Crippen LogP contribution in [-0.2, 0) is 0 Å². The summed E-state index contributed by atoms with van der Waals surface area (Å²) in [5, 5.41) is 12.3. The minimum Gasteiger partial charge on any atom is -0.379 e. The number of hydrogen-bond donors (Lipinski definition) is 2. The van der Waals surface area contributed by atoms with Crippen LogP contribution < -0.4 is 11.2 Å². The van der Waals surface area contributed by atoms with Crippen LogP contribution >= 0.6 is 27.3 Å². The van der Waals surface area contributed by atoms with Crippen LogP contribution in [0.2, 0.25) is 0 Å². The quantitative estimate of drug-likeness (QED) is 0.654. The molecule has 2 aromatic heterocycles. The number of rotatable bonds is 3. The van der Waals surface area contributed by atoms with E-state index in [1.807, 2.05) is 11.4 Å². The van der Waals surface area contributed by atoms with E-state index in [0.29, 0.717) is 0 Å². The van der Waals surface area contributed by atoms with Gasteiger partial charge >= 0.3 is 0 Å². The molecule has 0 bridgehead atoms. The Labute approximate surface area is 108 Å². The Balaban J connectivity index is 1.97. The van der Waals surface area contributed by atoms with Crippen LogP contribution in [0.4, 0.5) is 5.82 Å². The Morgan fingerprint density at radius 2 is 2.47 bits per heavy atom. The van der Waals surface area contributed by atoms with Gasteiger partial charge in [0.05, 0.1) is 6.21 Å². The average molecular weight is 316 g/mol. The molecule has 0 atom stereocenters. The first-order valence-corrected chi connectivity index (χ1v) is 5.99. The van der Waals surface area contributed by atoms with Gasteiger partial charge in [-0.3, -0.25) is 4.79 Å². The van der Waals surface area contributed by atoms with Crippen LogP contribution in [0.25, 0.3) is 0 Å². The van der Waals surface area contributed by atoms with E-state index >= 15 is 0 Å². The van der Waals surface area contributed by atoms with Crippen molar-refractivity contribution in [3.8, 4) is 0 Å². The molecule has 0 aliphatic rings. The number of nitrogens with zero attached hydrogens (tertiary/aromatic N) is 3. The summed E-state index contributed by atoms with van der Waals surface area (Å²) in [6, 6.07) is 1.87. The van der Waals surface area contributed by atoms with E-state index in [2.05, 4.69) is 41.4 Å². The molecule has 0 aliphatic carbocycles. The van der Waals surface area contributed by atoms with Crippen LogP contribution in [0.5, 0.6) is 0 Å². The van der Waals surface area contributed by atoms with Gasteiger partial charge in [-0.05, 0) is 32.3 Å². The van der Waals surface area contributed by atoms with Crippen LogP contribution in [-0.4, -0.2) is 22.4 Å². The molecule has 0 spiro atoms. The first-order valence-electron chi connectivity index (χ1n) is 4.32. The number of amides is 1. The molecule has 0 saturated carbocycles. The molecule has 2 heterocycles. The molecule has 0 aromatic carbocycles. The first kappa shape index (κ1) is 11.7. The predicted molar refractivity (Wildman–Crippen MR) is 65.8 cm³/mol. The van der Waals surface area contributed by atoms with Gasteiger partial charge < -0.3 is 5.73 Å². The molecule has 17 heavy (non-hydrogen) atoms. The zero-order valence-corrected chi connectivity index (χ0v) is 10.7. The Kier molecular flexibility index (Phi) is 3.49. The summed E-state index contributed by atoms with van der Waals surface area (Å²) in [4.78, 5) is 12.3. The molecule has 3 N–H and O–H groups in total. The van der Waals surface area contributed by atoms with E-state index in [9.17, 15) is 4.79 Å². The molecular weight excluding hydrogens is 310 g/mol. The molecular formula is C8H6BrN5O2S. The van der Waals surface area contributed by atoms with Crippen molar-refractivity contribution in [3.63, 3.8) is 0 Å². The Morgan fingerprint density at radius 3 is 3.06 bits per heavy atom. The summed E-state index contributed by atoms with van der Waals surface area (Å²) in [5.41, 5.74) is 7.52. The van der Waals surface area contributed by atoms with Gasteiger partial charge in [-0.25, -0.2) is 10.1 Å². The van der Waals surface area contributed by atoms with Crippen molar-refractivity contribution in [1.29, 1.82) is 0 Å². The summed E-state index contributed by atoms with van der Waals surface area (Å²) in [7, 11) is 0. The van der Waals surface area contributed by atoms with E-state index in [1.165, 1.54) is 17.6 Å². The largest absolute Gasteiger partial charge is 0.379 e. The summed E-state index contributed by atoms with van der Waals surface area (Å²) >= 11 is 4.79. The highest BCUT2D eigenvalue weighted by molar-refractivity contribution is 9.10. The van der Waals surface area contributed by atoms with Gasteiger partial charge in [0, 0.05) is 14.7 Å². The van der Waals surface area contributed by atoms with E-state index in [-0.39, 0.29) is 11.5 Å². The smallest absolute Gasteiger partial charge is 0.297 e. The highest BCUT2D eigenvalue weighted by atomic mass is 79.9. The molecule has 1 amide bonds. The Bertz CT molecular complexity index is 564. The maximum Gasteiger partial charge on any atom is 0.297 e. The molecule has 9 heteroatoms. The fraction of sp³-hybridized carbons (Fsp3) is 0. The molecule has 2 aromatic rings. The maximum absolute atomic E-state index is 11.4. The number of hydrogen-bond acceptors (Lipinski definition) is 7. The van der Waals surface area contributed by atoms with Gasteiger partial charge in [0.2, 0.25) is 11.5 Å². The van der Waals surface area contributed by atoms with Gasteiger partial charge in [0.15, 0.2) is 0 Å². The summed E-state index contributed by atoms with van der Waals surface area (Å²) in [6.07, 6.45) is 1.51.